The Labute approximate surface area is 88.2 Å². The average molecular weight is 219 g/mol. The summed E-state index contributed by atoms with van der Waals surface area (Å²) in [6, 6.07) is -1.14. The van der Waals surface area contributed by atoms with Crippen molar-refractivity contribution >= 4 is 11.9 Å². The van der Waals surface area contributed by atoms with Crippen LogP contribution in [0, 0.1) is 0 Å². The van der Waals surface area contributed by atoms with Crippen LogP contribution in [0.4, 0.5) is 0 Å². The Balaban J connectivity index is 3.94. The Morgan fingerprint density at radius 2 is 1.93 bits per heavy atom. The van der Waals surface area contributed by atoms with Crippen LogP contribution in [0.15, 0.2) is 0 Å². The zero-order valence-corrected chi connectivity index (χ0v) is 9.11. The first-order chi connectivity index (χ1) is 6.76. The number of rotatable bonds is 5. The molecule has 0 rings (SSSR count). The quantitative estimate of drug-likeness (QED) is 0.461. The summed E-state index contributed by atoms with van der Waals surface area (Å²) in [5.41, 5.74) is 1.03. The van der Waals surface area contributed by atoms with Crippen LogP contribution in [0.3, 0.4) is 0 Å². The van der Waals surface area contributed by atoms with Gasteiger partial charge in [0.25, 0.3) is 0 Å². The summed E-state index contributed by atoms with van der Waals surface area (Å²) < 4.78 is 4.97. The molecular weight excluding hydrogens is 202 g/mol. The number of carbonyl (C=O) groups excluding carboxylic acids is 1. The number of ether oxygens (including phenoxy) is 1. The lowest BCUT2D eigenvalue weighted by atomic mass is 10.1. The zero-order chi connectivity index (χ0) is 12.1. The normalized spacial score (nSPS) is 13.3. The average Bonchev–Trinajstić information content (AvgIpc) is 2.01. The molecule has 6 heteroatoms. The molecular formula is C9H17NO5. The summed E-state index contributed by atoms with van der Waals surface area (Å²) in [5, 5.41) is 17.0. The second-order valence-corrected chi connectivity index (χ2v) is 4.15. The van der Waals surface area contributed by atoms with Crippen LogP contribution in [0.2, 0.25) is 0 Å². The molecule has 0 aromatic rings. The monoisotopic (exact) mass is 219 g/mol. The van der Waals surface area contributed by atoms with Gasteiger partial charge in [-0.15, -0.1) is 0 Å². The van der Waals surface area contributed by atoms with Crippen molar-refractivity contribution in [1.29, 1.82) is 0 Å². The third kappa shape index (κ3) is 6.87. The van der Waals surface area contributed by atoms with Crippen LogP contribution in [0.1, 0.15) is 33.6 Å². The molecule has 0 fully saturated rings. The Kier molecular flexibility index (Phi) is 5.24. The zero-order valence-electron chi connectivity index (χ0n) is 9.11. The summed E-state index contributed by atoms with van der Waals surface area (Å²) in [7, 11) is 0. The SMILES string of the molecule is CC(C)(C)OC(=O)CCC(NO)C(=O)O. The molecule has 0 bridgehead atoms. The second kappa shape index (κ2) is 5.67. The minimum absolute atomic E-state index is 0.0131. The van der Waals surface area contributed by atoms with E-state index in [1.165, 1.54) is 0 Å². The fourth-order valence-corrected chi connectivity index (χ4v) is 0.898. The maximum absolute atomic E-state index is 11.2. The molecule has 88 valence electrons. The highest BCUT2D eigenvalue weighted by Crippen LogP contribution is 2.09. The van der Waals surface area contributed by atoms with Gasteiger partial charge in [-0.1, -0.05) is 0 Å². The minimum Gasteiger partial charge on any atom is -0.480 e. The standard InChI is InChI=1S/C9H17NO5/c1-9(2,3)15-7(11)5-4-6(10-14)8(12)13/h6,10,14H,4-5H2,1-3H3,(H,12,13). The van der Waals surface area contributed by atoms with Gasteiger partial charge in [-0.3, -0.25) is 9.59 Å². The number of carboxylic acid groups (broad SMARTS) is 1. The van der Waals surface area contributed by atoms with Gasteiger partial charge < -0.3 is 15.1 Å². The van der Waals surface area contributed by atoms with E-state index in [0.29, 0.717) is 0 Å². The highest BCUT2D eigenvalue weighted by atomic mass is 16.6. The second-order valence-electron chi connectivity index (χ2n) is 4.15. The van der Waals surface area contributed by atoms with Crippen molar-refractivity contribution in [2.24, 2.45) is 0 Å². The van der Waals surface area contributed by atoms with Crippen LogP contribution in [0.25, 0.3) is 0 Å². The lowest BCUT2D eigenvalue weighted by molar-refractivity contribution is -0.155. The van der Waals surface area contributed by atoms with E-state index in [2.05, 4.69) is 0 Å². The Morgan fingerprint density at radius 3 is 2.27 bits per heavy atom. The molecule has 0 radical (unpaired) electrons. The number of nitrogens with one attached hydrogen (secondary N) is 1. The Bertz CT molecular complexity index is 233. The van der Waals surface area contributed by atoms with Crippen LogP contribution in [-0.2, 0) is 14.3 Å². The van der Waals surface area contributed by atoms with E-state index in [0.717, 1.165) is 0 Å². The summed E-state index contributed by atoms with van der Waals surface area (Å²) in [6.07, 6.45) is -0.0669. The maximum Gasteiger partial charge on any atom is 0.323 e. The van der Waals surface area contributed by atoms with Gasteiger partial charge in [0.05, 0.1) is 0 Å². The number of carbonyl (C=O) groups is 2. The van der Waals surface area contributed by atoms with Crippen molar-refractivity contribution in [3.8, 4) is 0 Å². The highest BCUT2D eigenvalue weighted by molar-refractivity contribution is 5.75. The molecule has 0 amide bonds. The van der Waals surface area contributed by atoms with Crippen molar-refractivity contribution in [2.75, 3.05) is 0 Å². The molecule has 0 saturated carbocycles. The van der Waals surface area contributed by atoms with Crippen molar-refractivity contribution in [3.05, 3.63) is 0 Å². The molecule has 0 aliphatic heterocycles. The van der Waals surface area contributed by atoms with E-state index in [1.54, 1.807) is 26.3 Å². The van der Waals surface area contributed by atoms with Crippen molar-refractivity contribution in [2.45, 2.75) is 45.3 Å². The molecule has 1 unspecified atom stereocenters. The Morgan fingerprint density at radius 1 is 1.40 bits per heavy atom. The van der Waals surface area contributed by atoms with Crippen LogP contribution < -0.4 is 5.48 Å². The first-order valence-corrected chi connectivity index (χ1v) is 4.60. The summed E-state index contributed by atoms with van der Waals surface area (Å²) in [6.45, 7) is 5.18. The van der Waals surface area contributed by atoms with Gasteiger partial charge in [-0.2, -0.15) is 5.48 Å². The fraction of sp³-hybridized carbons (Fsp3) is 0.778. The molecule has 1 atom stereocenters. The van der Waals surface area contributed by atoms with Gasteiger partial charge in [-0.25, -0.2) is 0 Å². The Hall–Kier alpha value is -1.14. The van der Waals surface area contributed by atoms with E-state index in [-0.39, 0.29) is 12.8 Å². The lowest BCUT2D eigenvalue weighted by Gasteiger charge is -2.19. The van der Waals surface area contributed by atoms with Crippen molar-refractivity contribution in [1.82, 2.24) is 5.48 Å². The first-order valence-electron chi connectivity index (χ1n) is 4.60. The smallest absolute Gasteiger partial charge is 0.323 e. The lowest BCUT2D eigenvalue weighted by Crippen LogP contribution is -2.35. The van der Waals surface area contributed by atoms with Gasteiger partial charge >= 0.3 is 11.9 Å². The molecule has 0 aliphatic carbocycles. The van der Waals surface area contributed by atoms with Gasteiger partial charge in [0.2, 0.25) is 0 Å². The maximum atomic E-state index is 11.2. The molecule has 3 N–H and O–H groups in total. The van der Waals surface area contributed by atoms with Gasteiger partial charge in [0.15, 0.2) is 0 Å². The van der Waals surface area contributed by atoms with Crippen molar-refractivity contribution in [3.63, 3.8) is 0 Å². The molecule has 0 spiro atoms. The molecule has 15 heavy (non-hydrogen) atoms. The summed E-state index contributed by atoms with van der Waals surface area (Å²) in [5.74, 6) is -1.69. The molecule has 0 aliphatic rings. The van der Waals surface area contributed by atoms with Crippen LogP contribution in [-0.4, -0.2) is 33.9 Å². The highest BCUT2D eigenvalue weighted by Gasteiger charge is 2.20. The molecule has 0 aromatic carbocycles. The van der Waals surface area contributed by atoms with E-state index in [9.17, 15) is 9.59 Å². The fourth-order valence-electron chi connectivity index (χ4n) is 0.898. The van der Waals surface area contributed by atoms with Gasteiger partial charge in [0, 0.05) is 6.42 Å². The third-order valence-corrected chi connectivity index (χ3v) is 1.51. The largest absolute Gasteiger partial charge is 0.480 e. The van der Waals surface area contributed by atoms with E-state index in [4.69, 9.17) is 15.1 Å². The predicted octanol–water partition coefficient (Wildman–Crippen LogP) is 0.540. The molecule has 0 saturated heterocycles. The van der Waals surface area contributed by atoms with Crippen LogP contribution in [0.5, 0.6) is 0 Å². The number of hydrogen-bond acceptors (Lipinski definition) is 5. The van der Waals surface area contributed by atoms with E-state index in [1.807, 2.05) is 0 Å². The molecule has 0 heterocycles. The van der Waals surface area contributed by atoms with Gasteiger partial charge in [-0.05, 0) is 27.2 Å². The first kappa shape index (κ1) is 13.9. The summed E-state index contributed by atoms with van der Waals surface area (Å²) >= 11 is 0. The third-order valence-electron chi connectivity index (χ3n) is 1.51. The van der Waals surface area contributed by atoms with Crippen LogP contribution >= 0.6 is 0 Å². The predicted molar refractivity (Wildman–Crippen MR) is 51.4 cm³/mol. The summed E-state index contributed by atoms with van der Waals surface area (Å²) in [4.78, 5) is 21.6. The number of esters is 1. The minimum atomic E-state index is -1.21. The number of hydroxylamine groups is 1. The van der Waals surface area contributed by atoms with Gasteiger partial charge in [0.1, 0.15) is 11.6 Å². The number of aliphatic carboxylic acids is 1. The number of hydrogen-bond donors (Lipinski definition) is 3. The topological polar surface area (TPSA) is 95.9 Å². The molecule has 6 nitrogen and oxygen atoms in total. The van der Waals surface area contributed by atoms with E-state index < -0.39 is 23.6 Å². The molecule has 0 aromatic heterocycles. The van der Waals surface area contributed by atoms with E-state index >= 15 is 0 Å². The van der Waals surface area contributed by atoms with Crippen molar-refractivity contribution < 1.29 is 24.6 Å². The number of carboxylic acids is 1.